The Bertz CT molecular complexity index is 1220. The number of hydrogen-bond acceptors (Lipinski definition) is 5. The molecule has 192 valence electrons. The molecule has 3 aromatic carbocycles. The van der Waals surface area contributed by atoms with Gasteiger partial charge in [0.25, 0.3) is 10.0 Å². The fourth-order valence-electron chi connectivity index (χ4n) is 3.74. The quantitative estimate of drug-likeness (QED) is 0.285. The summed E-state index contributed by atoms with van der Waals surface area (Å²) in [5, 5.41) is 3.53. The molecule has 36 heavy (non-hydrogen) atoms. The van der Waals surface area contributed by atoms with E-state index in [0.717, 1.165) is 38.0 Å². The van der Waals surface area contributed by atoms with Crippen LogP contribution >= 0.6 is 11.6 Å². The predicted octanol–water partition coefficient (Wildman–Crippen LogP) is 5.08. The van der Waals surface area contributed by atoms with Crippen LogP contribution in [0.2, 0.25) is 5.02 Å². The maximum Gasteiger partial charge on any atom is 0.264 e. The Hall–Kier alpha value is -2.87. The molecular weight excluding hydrogens is 496 g/mol. The van der Waals surface area contributed by atoms with Crippen LogP contribution < -0.4 is 14.8 Å². The molecule has 3 aromatic rings. The van der Waals surface area contributed by atoms with Crippen molar-refractivity contribution >= 4 is 27.5 Å². The summed E-state index contributed by atoms with van der Waals surface area (Å²) in [4.78, 5) is 12.1. The summed E-state index contributed by atoms with van der Waals surface area (Å²) in [7, 11) is -3.94. The van der Waals surface area contributed by atoms with Gasteiger partial charge >= 0.3 is 0 Å². The van der Waals surface area contributed by atoms with E-state index in [1.807, 2.05) is 18.2 Å². The summed E-state index contributed by atoms with van der Waals surface area (Å²) in [6.07, 6.45) is 3.84. The fourth-order valence-corrected chi connectivity index (χ4v) is 5.26. The molecular formula is C28H33ClN2O4S. The first kappa shape index (κ1) is 27.7. The molecule has 0 saturated heterocycles. The van der Waals surface area contributed by atoms with Crippen LogP contribution in [0.25, 0.3) is 0 Å². The van der Waals surface area contributed by atoms with Crippen molar-refractivity contribution in [3.63, 3.8) is 0 Å². The maximum atomic E-state index is 12.4. The van der Waals surface area contributed by atoms with E-state index in [1.165, 1.54) is 17.2 Å². The Morgan fingerprint density at radius 1 is 0.861 bits per heavy atom. The van der Waals surface area contributed by atoms with E-state index >= 15 is 0 Å². The lowest BCUT2D eigenvalue weighted by molar-refractivity contribution is -0.119. The van der Waals surface area contributed by atoms with Crippen molar-refractivity contribution in [2.24, 2.45) is 0 Å². The van der Waals surface area contributed by atoms with Crippen LogP contribution in [-0.2, 0) is 27.7 Å². The van der Waals surface area contributed by atoms with E-state index in [1.54, 1.807) is 19.1 Å². The largest absolute Gasteiger partial charge is 0.494 e. The predicted molar refractivity (Wildman–Crippen MR) is 144 cm³/mol. The first-order chi connectivity index (χ1) is 17.3. The zero-order valence-electron chi connectivity index (χ0n) is 20.5. The Morgan fingerprint density at radius 2 is 1.56 bits per heavy atom. The Labute approximate surface area is 219 Å². The summed E-state index contributed by atoms with van der Waals surface area (Å²) >= 11 is 5.99. The van der Waals surface area contributed by atoms with Crippen LogP contribution in [0.15, 0.2) is 77.7 Å². The molecule has 0 atom stereocenters. The van der Waals surface area contributed by atoms with Crippen LogP contribution in [0.5, 0.6) is 5.75 Å². The molecule has 2 N–H and O–H groups in total. The average molecular weight is 529 g/mol. The Morgan fingerprint density at radius 3 is 2.31 bits per heavy atom. The minimum absolute atomic E-state index is 0.0138. The second-order valence-electron chi connectivity index (χ2n) is 8.58. The molecule has 0 spiro atoms. The number of ether oxygens (including phenoxy) is 1. The molecule has 0 unspecified atom stereocenters. The Balaban J connectivity index is 1.27. The lowest BCUT2D eigenvalue weighted by Gasteiger charge is -2.10. The van der Waals surface area contributed by atoms with Gasteiger partial charge in [-0.05, 0) is 80.1 Å². The van der Waals surface area contributed by atoms with E-state index in [0.29, 0.717) is 23.7 Å². The van der Waals surface area contributed by atoms with Crippen molar-refractivity contribution in [3.8, 4) is 5.75 Å². The van der Waals surface area contributed by atoms with Gasteiger partial charge in [0.05, 0.1) is 11.5 Å². The monoisotopic (exact) mass is 528 g/mol. The van der Waals surface area contributed by atoms with Crippen molar-refractivity contribution in [2.45, 2.75) is 43.9 Å². The van der Waals surface area contributed by atoms with Crippen LogP contribution in [0, 0.1) is 6.92 Å². The van der Waals surface area contributed by atoms with Gasteiger partial charge in [-0.15, -0.1) is 0 Å². The third kappa shape index (κ3) is 8.97. The highest BCUT2D eigenvalue weighted by molar-refractivity contribution is 7.90. The molecule has 0 aliphatic carbocycles. The first-order valence-corrected chi connectivity index (χ1v) is 14.0. The number of carbonyl (C=O) groups excluding carboxylic acids is 1. The molecule has 0 aliphatic rings. The van der Waals surface area contributed by atoms with Crippen LogP contribution in [-0.4, -0.2) is 34.0 Å². The zero-order valence-corrected chi connectivity index (χ0v) is 22.1. The maximum absolute atomic E-state index is 12.4. The van der Waals surface area contributed by atoms with E-state index in [9.17, 15) is 13.2 Å². The van der Waals surface area contributed by atoms with Crippen molar-refractivity contribution < 1.29 is 17.9 Å². The molecule has 3 rings (SSSR count). The second-order valence-corrected chi connectivity index (χ2v) is 10.6. The van der Waals surface area contributed by atoms with Gasteiger partial charge in [0, 0.05) is 18.0 Å². The topological polar surface area (TPSA) is 84.5 Å². The van der Waals surface area contributed by atoms with Crippen LogP contribution in [0.1, 0.15) is 36.0 Å². The highest BCUT2D eigenvalue weighted by Gasteiger charge is 2.20. The first-order valence-electron chi connectivity index (χ1n) is 12.1. The molecule has 0 radical (unpaired) electrons. The van der Waals surface area contributed by atoms with Crippen LogP contribution in [0.4, 0.5) is 0 Å². The van der Waals surface area contributed by atoms with Crippen molar-refractivity contribution in [1.29, 1.82) is 0 Å². The lowest BCUT2D eigenvalue weighted by atomic mass is 10.1. The summed E-state index contributed by atoms with van der Waals surface area (Å²) in [6.45, 7) is 3.42. The van der Waals surface area contributed by atoms with E-state index in [4.69, 9.17) is 16.3 Å². The van der Waals surface area contributed by atoms with Gasteiger partial charge in [0.15, 0.2) is 0 Å². The van der Waals surface area contributed by atoms with Gasteiger partial charge < -0.3 is 10.1 Å². The number of sulfonamides is 1. The normalized spacial score (nSPS) is 11.3. The van der Waals surface area contributed by atoms with Gasteiger partial charge in [-0.1, -0.05) is 60.1 Å². The standard InChI is InChI=1S/C28H33ClN2O4S/c1-22-26(29)12-5-13-27(22)36(33,34)31-28(32)18-20-30-19-6-10-24-14-16-25(17-15-24)35-21-7-11-23-8-3-2-4-9-23/h2-5,8-9,12-17,30H,6-7,10-11,18-21H2,1H3,(H,31,32). The molecule has 0 aromatic heterocycles. The summed E-state index contributed by atoms with van der Waals surface area (Å²) in [5.74, 6) is 0.320. The molecule has 0 aliphatic heterocycles. The average Bonchev–Trinajstić information content (AvgIpc) is 2.86. The minimum atomic E-state index is -3.94. The highest BCUT2D eigenvalue weighted by atomic mass is 35.5. The van der Waals surface area contributed by atoms with E-state index in [-0.39, 0.29) is 11.3 Å². The number of carbonyl (C=O) groups is 1. The molecule has 0 heterocycles. The second kappa shape index (κ2) is 14.0. The number of benzene rings is 3. The summed E-state index contributed by atoms with van der Waals surface area (Å²) in [5.41, 5.74) is 2.96. The van der Waals surface area contributed by atoms with Crippen molar-refractivity contribution in [1.82, 2.24) is 10.0 Å². The molecule has 1 amide bonds. The van der Waals surface area contributed by atoms with Gasteiger partial charge in [-0.3, -0.25) is 4.79 Å². The molecule has 0 saturated carbocycles. The number of nitrogens with one attached hydrogen (secondary N) is 2. The highest BCUT2D eigenvalue weighted by Crippen LogP contribution is 2.22. The minimum Gasteiger partial charge on any atom is -0.494 e. The SMILES string of the molecule is Cc1c(Cl)cccc1S(=O)(=O)NC(=O)CCNCCCc1ccc(OCCCc2ccccc2)cc1. The van der Waals surface area contributed by atoms with E-state index in [2.05, 4.69) is 46.4 Å². The molecule has 0 bridgehead atoms. The number of hydrogen-bond donors (Lipinski definition) is 2. The molecule has 8 heteroatoms. The molecule has 6 nitrogen and oxygen atoms in total. The molecule has 0 fully saturated rings. The summed E-state index contributed by atoms with van der Waals surface area (Å²) in [6, 6.07) is 23.1. The third-order valence-corrected chi connectivity index (χ3v) is 7.68. The zero-order chi connectivity index (χ0) is 25.8. The number of aryl methyl sites for hydroxylation is 2. The van der Waals surface area contributed by atoms with Gasteiger partial charge in [-0.2, -0.15) is 0 Å². The number of halogens is 1. The van der Waals surface area contributed by atoms with Gasteiger partial charge in [0.1, 0.15) is 5.75 Å². The van der Waals surface area contributed by atoms with Crippen molar-refractivity contribution in [2.75, 3.05) is 19.7 Å². The number of amides is 1. The fraction of sp³-hybridized carbons (Fsp3) is 0.321. The smallest absolute Gasteiger partial charge is 0.264 e. The third-order valence-electron chi connectivity index (χ3n) is 5.75. The lowest BCUT2D eigenvalue weighted by Crippen LogP contribution is -2.33. The van der Waals surface area contributed by atoms with Crippen LogP contribution in [0.3, 0.4) is 0 Å². The van der Waals surface area contributed by atoms with Gasteiger partial charge in [0.2, 0.25) is 5.91 Å². The summed E-state index contributed by atoms with van der Waals surface area (Å²) < 4.78 is 32.8. The van der Waals surface area contributed by atoms with E-state index < -0.39 is 15.9 Å². The van der Waals surface area contributed by atoms with Crippen molar-refractivity contribution in [3.05, 3.63) is 94.5 Å². The number of rotatable bonds is 14. The Kier molecular flexibility index (Phi) is 10.8. The van der Waals surface area contributed by atoms with Gasteiger partial charge in [-0.25, -0.2) is 13.1 Å².